The molecule has 3 aliphatic rings. The van der Waals surface area contributed by atoms with E-state index in [0.29, 0.717) is 6.04 Å². The van der Waals surface area contributed by atoms with Gasteiger partial charge in [-0.25, -0.2) is 9.97 Å². The van der Waals surface area contributed by atoms with Crippen molar-refractivity contribution in [2.24, 2.45) is 0 Å². The van der Waals surface area contributed by atoms with Crippen LogP contribution in [0.2, 0.25) is 0 Å². The molecule has 3 fully saturated rings. The van der Waals surface area contributed by atoms with E-state index in [9.17, 15) is 5.11 Å². The number of morpholine rings is 1. The molecule has 1 N–H and O–H groups in total. The molecule has 144 valence electrons. The van der Waals surface area contributed by atoms with Gasteiger partial charge in [0.25, 0.3) is 0 Å². The molecule has 3 heterocycles. The third kappa shape index (κ3) is 3.94. The van der Waals surface area contributed by atoms with Crippen molar-refractivity contribution in [3.05, 3.63) is 11.9 Å². The highest BCUT2D eigenvalue weighted by atomic mass is 16.5. The van der Waals surface area contributed by atoms with E-state index in [1.54, 1.807) is 0 Å². The topological polar surface area (TPSA) is 65.0 Å². The Balaban J connectivity index is 1.41. The van der Waals surface area contributed by atoms with Crippen LogP contribution >= 0.6 is 0 Å². The number of aryl methyl sites for hydroxylation is 1. The highest BCUT2D eigenvalue weighted by Gasteiger charge is 2.31. The first-order chi connectivity index (χ1) is 12.7. The van der Waals surface area contributed by atoms with E-state index in [1.165, 1.54) is 12.8 Å². The summed E-state index contributed by atoms with van der Waals surface area (Å²) in [6, 6.07) is 2.48. The molecule has 0 radical (unpaired) electrons. The number of nitrogens with zero attached hydrogens (tertiary/aromatic N) is 5. The first kappa shape index (κ1) is 17.9. The van der Waals surface area contributed by atoms with Crippen LogP contribution in [0, 0.1) is 6.92 Å². The molecule has 0 amide bonds. The normalized spacial score (nSPS) is 28.4. The van der Waals surface area contributed by atoms with Gasteiger partial charge in [-0.15, -0.1) is 0 Å². The van der Waals surface area contributed by atoms with Crippen LogP contribution in [0.5, 0.6) is 0 Å². The van der Waals surface area contributed by atoms with Gasteiger partial charge in [-0.2, -0.15) is 0 Å². The van der Waals surface area contributed by atoms with Gasteiger partial charge in [-0.3, -0.25) is 4.90 Å². The Hall–Kier alpha value is -1.44. The molecule has 1 aromatic heterocycles. The second-order valence-corrected chi connectivity index (χ2v) is 7.67. The Morgan fingerprint density at radius 1 is 0.923 bits per heavy atom. The minimum Gasteiger partial charge on any atom is -0.391 e. The maximum atomic E-state index is 10.3. The quantitative estimate of drug-likeness (QED) is 0.863. The Kier molecular flexibility index (Phi) is 5.57. The lowest BCUT2D eigenvalue weighted by molar-refractivity contribution is 0.0172. The number of aromatic nitrogens is 2. The fourth-order valence-electron chi connectivity index (χ4n) is 4.45. The molecule has 2 unspecified atom stereocenters. The highest BCUT2D eigenvalue weighted by molar-refractivity contribution is 5.51. The average Bonchev–Trinajstić information content (AvgIpc) is 2.69. The third-order valence-corrected chi connectivity index (χ3v) is 5.95. The molecule has 7 heteroatoms. The molecule has 2 atom stereocenters. The van der Waals surface area contributed by atoms with Crippen molar-refractivity contribution in [3.63, 3.8) is 0 Å². The molecule has 4 rings (SSSR count). The van der Waals surface area contributed by atoms with Crippen LogP contribution in [0.3, 0.4) is 0 Å². The molecular formula is C19H31N5O2. The summed E-state index contributed by atoms with van der Waals surface area (Å²) < 4.78 is 5.45. The molecule has 2 saturated heterocycles. The van der Waals surface area contributed by atoms with Crippen LogP contribution < -0.4 is 9.80 Å². The van der Waals surface area contributed by atoms with Gasteiger partial charge in [-0.1, -0.05) is 12.8 Å². The van der Waals surface area contributed by atoms with E-state index in [2.05, 4.69) is 25.8 Å². The minimum atomic E-state index is -0.149. The first-order valence-electron chi connectivity index (χ1n) is 10.1. The summed E-state index contributed by atoms with van der Waals surface area (Å²) in [5.74, 6) is 2.87. The summed E-state index contributed by atoms with van der Waals surface area (Å²) in [4.78, 5) is 16.5. The van der Waals surface area contributed by atoms with Crippen molar-refractivity contribution < 1.29 is 9.84 Å². The number of aliphatic hydroxyl groups is 1. The summed E-state index contributed by atoms with van der Waals surface area (Å²) in [5, 5.41) is 10.3. The Morgan fingerprint density at radius 2 is 1.54 bits per heavy atom. The SMILES string of the molecule is Cc1nc(N2CCOCC2)cc(N2CCN(C3CCCCC3O)CC2)n1. The van der Waals surface area contributed by atoms with E-state index >= 15 is 0 Å². The number of anilines is 2. The number of rotatable bonds is 3. The van der Waals surface area contributed by atoms with Crippen LogP contribution in [0.4, 0.5) is 11.6 Å². The summed E-state index contributed by atoms with van der Waals surface area (Å²) in [5.41, 5.74) is 0. The molecule has 7 nitrogen and oxygen atoms in total. The maximum absolute atomic E-state index is 10.3. The smallest absolute Gasteiger partial charge is 0.134 e. The van der Waals surface area contributed by atoms with Gasteiger partial charge in [0.2, 0.25) is 0 Å². The van der Waals surface area contributed by atoms with Crippen LogP contribution in [-0.2, 0) is 4.74 Å². The molecule has 1 aromatic rings. The predicted octanol–water partition coefficient (Wildman–Crippen LogP) is 1.05. The van der Waals surface area contributed by atoms with Crippen LogP contribution in [-0.4, -0.2) is 84.6 Å². The second kappa shape index (κ2) is 8.06. The van der Waals surface area contributed by atoms with Gasteiger partial charge in [0, 0.05) is 51.4 Å². The standard InChI is InChI=1S/C19H31N5O2/c1-15-20-18(14-19(21-15)24-10-12-26-13-11-24)23-8-6-22(7-9-23)16-4-2-3-5-17(16)25/h14,16-17,25H,2-13H2,1H3. The number of ether oxygens (including phenoxy) is 1. The largest absolute Gasteiger partial charge is 0.391 e. The molecule has 0 aromatic carbocycles. The number of hydrogen-bond acceptors (Lipinski definition) is 7. The first-order valence-corrected chi connectivity index (χ1v) is 10.1. The average molecular weight is 361 g/mol. The number of piperazine rings is 1. The monoisotopic (exact) mass is 361 g/mol. The lowest BCUT2D eigenvalue weighted by Crippen LogP contribution is -2.54. The zero-order valence-corrected chi connectivity index (χ0v) is 15.8. The van der Waals surface area contributed by atoms with E-state index in [-0.39, 0.29) is 6.10 Å². The molecule has 1 saturated carbocycles. The zero-order chi connectivity index (χ0) is 17.9. The van der Waals surface area contributed by atoms with Gasteiger partial charge >= 0.3 is 0 Å². The summed E-state index contributed by atoms with van der Waals surface area (Å²) in [7, 11) is 0. The van der Waals surface area contributed by atoms with Gasteiger partial charge in [-0.05, 0) is 19.8 Å². The van der Waals surface area contributed by atoms with E-state index in [4.69, 9.17) is 9.72 Å². The summed E-state index contributed by atoms with van der Waals surface area (Å²) in [6.07, 6.45) is 4.36. The second-order valence-electron chi connectivity index (χ2n) is 7.67. The molecule has 1 aliphatic carbocycles. The zero-order valence-electron chi connectivity index (χ0n) is 15.8. The van der Waals surface area contributed by atoms with Gasteiger partial charge in [0.15, 0.2) is 0 Å². The molecule has 2 aliphatic heterocycles. The predicted molar refractivity (Wildman–Crippen MR) is 102 cm³/mol. The molecular weight excluding hydrogens is 330 g/mol. The van der Waals surface area contributed by atoms with Crippen LogP contribution in [0.25, 0.3) is 0 Å². The van der Waals surface area contributed by atoms with Gasteiger partial charge in [0.1, 0.15) is 17.5 Å². The Labute approximate surface area is 156 Å². The lowest BCUT2D eigenvalue weighted by Gasteiger charge is -2.43. The maximum Gasteiger partial charge on any atom is 0.134 e. The van der Waals surface area contributed by atoms with E-state index in [1.807, 2.05) is 6.92 Å². The highest BCUT2D eigenvalue weighted by Crippen LogP contribution is 2.26. The van der Waals surface area contributed by atoms with Crippen molar-refractivity contribution in [1.82, 2.24) is 14.9 Å². The minimum absolute atomic E-state index is 0.149. The van der Waals surface area contributed by atoms with Crippen molar-refractivity contribution in [2.75, 3.05) is 62.3 Å². The van der Waals surface area contributed by atoms with Crippen molar-refractivity contribution in [3.8, 4) is 0 Å². The summed E-state index contributed by atoms with van der Waals surface area (Å²) >= 11 is 0. The Bertz CT molecular complexity index is 600. The lowest BCUT2D eigenvalue weighted by atomic mass is 9.91. The Morgan fingerprint density at radius 3 is 2.19 bits per heavy atom. The van der Waals surface area contributed by atoms with Crippen molar-refractivity contribution in [1.29, 1.82) is 0 Å². The third-order valence-electron chi connectivity index (χ3n) is 5.95. The van der Waals surface area contributed by atoms with Gasteiger partial charge in [0.05, 0.1) is 19.3 Å². The number of hydrogen-bond donors (Lipinski definition) is 1. The van der Waals surface area contributed by atoms with E-state index in [0.717, 1.165) is 82.8 Å². The van der Waals surface area contributed by atoms with Crippen LogP contribution in [0.15, 0.2) is 6.07 Å². The fraction of sp³-hybridized carbons (Fsp3) is 0.789. The van der Waals surface area contributed by atoms with Crippen molar-refractivity contribution in [2.45, 2.75) is 44.8 Å². The van der Waals surface area contributed by atoms with Crippen molar-refractivity contribution >= 4 is 11.6 Å². The molecule has 26 heavy (non-hydrogen) atoms. The molecule has 0 bridgehead atoms. The fourth-order valence-corrected chi connectivity index (χ4v) is 4.45. The number of aliphatic hydroxyl groups excluding tert-OH is 1. The molecule has 0 spiro atoms. The van der Waals surface area contributed by atoms with Crippen LogP contribution in [0.1, 0.15) is 31.5 Å². The summed E-state index contributed by atoms with van der Waals surface area (Å²) in [6.45, 7) is 9.20. The van der Waals surface area contributed by atoms with E-state index < -0.39 is 0 Å². The van der Waals surface area contributed by atoms with Gasteiger partial charge < -0.3 is 19.6 Å².